The van der Waals surface area contributed by atoms with E-state index in [-0.39, 0.29) is 6.04 Å². The maximum Gasteiger partial charge on any atom is 0.120 e. The average molecular weight is 323 g/mol. The third-order valence-corrected chi connectivity index (χ3v) is 4.34. The van der Waals surface area contributed by atoms with Gasteiger partial charge in [0, 0.05) is 16.5 Å². The second-order valence-corrected chi connectivity index (χ2v) is 5.99. The molecule has 1 aromatic carbocycles. The van der Waals surface area contributed by atoms with Gasteiger partial charge >= 0.3 is 0 Å². The van der Waals surface area contributed by atoms with Gasteiger partial charge in [-0.2, -0.15) is 5.10 Å². The summed E-state index contributed by atoms with van der Waals surface area (Å²) in [7, 11) is 0. The normalized spacial score (nSPS) is 18.5. The maximum absolute atomic E-state index is 9.90. The van der Waals surface area contributed by atoms with Crippen LogP contribution >= 0.6 is 27.3 Å². The third-order valence-electron chi connectivity index (χ3n) is 2.92. The van der Waals surface area contributed by atoms with Crippen LogP contribution in [0.2, 0.25) is 0 Å². The van der Waals surface area contributed by atoms with Gasteiger partial charge in [-0.1, -0.05) is 22.0 Å². The Kier molecular flexibility index (Phi) is 3.09. The Morgan fingerprint density at radius 3 is 3.06 bits per heavy atom. The lowest BCUT2D eigenvalue weighted by Crippen LogP contribution is -2.10. The van der Waals surface area contributed by atoms with Crippen LogP contribution in [0.15, 0.2) is 45.3 Å². The molecule has 0 spiro atoms. The number of hydrazone groups is 1. The molecule has 3 nitrogen and oxygen atoms in total. The lowest BCUT2D eigenvalue weighted by molar-refractivity contribution is 0.455. The predicted molar refractivity (Wildman–Crippen MR) is 77.2 cm³/mol. The van der Waals surface area contributed by atoms with Crippen molar-refractivity contribution in [3.63, 3.8) is 0 Å². The molecule has 2 aromatic rings. The highest BCUT2D eigenvalue weighted by atomic mass is 79.9. The van der Waals surface area contributed by atoms with Gasteiger partial charge < -0.3 is 10.5 Å². The van der Waals surface area contributed by atoms with E-state index >= 15 is 0 Å². The van der Waals surface area contributed by atoms with E-state index in [0.29, 0.717) is 5.75 Å². The van der Waals surface area contributed by atoms with E-state index in [1.54, 1.807) is 17.4 Å². The number of halogens is 1. The molecular formula is C13H11BrN2OS. The van der Waals surface area contributed by atoms with E-state index < -0.39 is 0 Å². The summed E-state index contributed by atoms with van der Waals surface area (Å²) in [6.45, 7) is 0. The van der Waals surface area contributed by atoms with Gasteiger partial charge in [-0.3, -0.25) is 0 Å². The highest BCUT2D eigenvalue weighted by molar-refractivity contribution is 9.10. The Morgan fingerprint density at radius 1 is 1.39 bits per heavy atom. The molecule has 0 fully saturated rings. The molecule has 1 atom stereocenters. The summed E-state index contributed by atoms with van der Waals surface area (Å²) in [4.78, 5) is 1.18. The maximum atomic E-state index is 9.90. The minimum Gasteiger partial charge on any atom is -0.508 e. The molecule has 3 rings (SSSR count). The molecule has 5 heteroatoms. The van der Waals surface area contributed by atoms with Crippen molar-refractivity contribution in [2.75, 3.05) is 0 Å². The smallest absolute Gasteiger partial charge is 0.120 e. The minimum absolute atomic E-state index is 0.0413. The second-order valence-electron chi connectivity index (χ2n) is 4.12. The number of thiophene rings is 1. The van der Waals surface area contributed by atoms with Crippen LogP contribution in [0, 0.1) is 0 Å². The Labute approximate surface area is 117 Å². The molecule has 2 N–H and O–H groups in total. The Bertz CT molecular complexity index is 595. The van der Waals surface area contributed by atoms with Crippen molar-refractivity contribution >= 4 is 33.0 Å². The lowest BCUT2D eigenvalue weighted by atomic mass is 10.0. The minimum atomic E-state index is 0.0413. The number of aromatic hydroxyl groups is 1. The molecule has 0 saturated carbocycles. The van der Waals surface area contributed by atoms with Crippen LogP contribution in [0.4, 0.5) is 0 Å². The van der Waals surface area contributed by atoms with Crippen LogP contribution in [-0.2, 0) is 0 Å². The zero-order chi connectivity index (χ0) is 12.5. The second kappa shape index (κ2) is 4.74. The highest BCUT2D eigenvalue weighted by Gasteiger charge is 2.24. The van der Waals surface area contributed by atoms with E-state index in [0.717, 1.165) is 22.2 Å². The van der Waals surface area contributed by atoms with Crippen molar-refractivity contribution in [2.45, 2.75) is 12.5 Å². The van der Waals surface area contributed by atoms with E-state index in [2.05, 4.69) is 32.5 Å². The fourth-order valence-corrected chi connectivity index (χ4v) is 3.13. The van der Waals surface area contributed by atoms with Gasteiger partial charge in [0.15, 0.2) is 0 Å². The summed E-state index contributed by atoms with van der Waals surface area (Å²) in [6, 6.07) is 9.58. The van der Waals surface area contributed by atoms with Crippen molar-refractivity contribution in [1.82, 2.24) is 5.43 Å². The first-order valence-corrected chi connectivity index (χ1v) is 7.25. The number of rotatable bonds is 2. The SMILES string of the molecule is Oc1ccc(Br)cc1[C@H]1CC(c2cccs2)=NN1. The summed E-state index contributed by atoms with van der Waals surface area (Å²) in [5.41, 5.74) is 5.02. The fourth-order valence-electron chi connectivity index (χ4n) is 2.02. The number of nitrogens with zero attached hydrogens (tertiary/aromatic N) is 1. The number of hydrogen-bond acceptors (Lipinski definition) is 4. The predicted octanol–water partition coefficient (Wildman–Crippen LogP) is 3.65. The number of nitrogens with one attached hydrogen (secondary N) is 1. The Morgan fingerprint density at radius 2 is 2.28 bits per heavy atom. The molecule has 0 bridgehead atoms. The van der Waals surface area contributed by atoms with Crippen molar-refractivity contribution in [1.29, 1.82) is 0 Å². The molecule has 0 unspecified atom stereocenters. The van der Waals surface area contributed by atoms with E-state index in [9.17, 15) is 5.11 Å². The number of phenols is 1. The molecule has 1 aliphatic heterocycles. The first kappa shape index (κ1) is 11.7. The van der Waals surface area contributed by atoms with Crippen LogP contribution < -0.4 is 5.43 Å². The standard InChI is InChI=1S/C13H11BrN2OS/c14-8-3-4-12(17)9(6-8)10-7-11(16-15-10)13-2-1-5-18-13/h1-6,10,15,17H,7H2/t10-/m1/s1. The first-order valence-electron chi connectivity index (χ1n) is 5.58. The Hall–Kier alpha value is -1.33. The van der Waals surface area contributed by atoms with Gasteiger partial charge in [0.1, 0.15) is 5.75 Å². The highest BCUT2D eigenvalue weighted by Crippen LogP contribution is 2.33. The number of hydrogen-bond donors (Lipinski definition) is 2. The Balaban J connectivity index is 1.84. The zero-order valence-electron chi connectivity index (χ0n) is 9.43. The average Bonchev–Trinajstić information content (AvgIpc) is 3.00. The van der Waals surface area contributed by atoms with Crippen LogP contribution in [0.5, 0.6) is 5.75 Å². The van der Waals surface area contributed by atoms with Crippen LogP contribution in [0.3, 0.4) is 0 Å². The quantitative estimate of drug-likeness (QED) is 0.886. The van der Waals surface area contributed by atoms with Crippen molar-refractivity contribution in [3.05, 3.63) is 50.6 Å². The molecule has 0 aliphatic carbocycles. The summed E-state index contributed by atoms with van der Waals surface area (Å²) in [6.07, 6.45) is 0.796. The largest absolute Gasteiger partial charge is 0.508 e. The molecular weight excluding hydrogens is 312 g/mol. The first-order chi connectivity index (χ1) is 8.74. The van der Waals surface area contributed by atoms with Gasteiger partial charge in [-0.15, -0.1) is 11.3 Å². The van der Waals surface area contributed by atoms with Crippen molar-refractivity contribution in [3.8, 4) is 5.75 Å². The van der Waals surface area contributed by atoms with Gasteiger partial charge in [0.05, 0.1) is 16.6 Å². The van der Waals surface area contributed by atoms with Crippen molar-refractivity contribution < 1.29 is 5.11 Å². The molecule has 0 amide bonds. The summed E-state index contributed by atoms with van der Waals surface area (Å²) in [5.74, 6) is 0.304. The molecule has 0 saturated heterocycles. The van der Waals surface area contributed by atoms with E-state index in [1.165, 1.54) is 4.88 Å². The summed E-state index contributed by atoms with van der Waals surface area (Å²) < 4.78 is 0.960. The van der Waals surface area contributed by atoms with Gasteiger partial charge in [0.25, 0.3) is 0 Å². The third kappa shape index (κ3) is 2.15. The van der Waals surface area contributed by atoms with Crippen LogP contribution in [0.1, 0.15) is 22.9 Å². The summed E-state index contributed by atoms with van der Waals surface area (Å²) in [5, 5.41) is 16.3. The van der Waals surface area contributed by atoms with Gasteiger partial charge in [-0.05, 0) is 29.6 Å². The topological polar surface area (TPSA) is 44.6 Å². The van der Waals surface area contributed by atoms with Gasteiger partial charge in [0.2, 0.25) is 0 Å². The molecule has 92 valence electrons. The number of phenolic OH excluding ortho intramolecular Hbond substituents is 1. The molecule has 1 aromatic heterocycles. The van der Waals surface area contributed by atoms with E-state index in [4.69, 9.17) is 0 Å². The fraction of sp³-hybridized carbons (Fsp3) is 0.154. The monoisotopic (exact) mass is 322 g/mol. The lowest BCUT2D eigenvalue weighted by Gasteiger charge is -2.12. The molecule has 1 aliphatic rings. The van der Waals surface area contributed by atoms with Crippen LogP contribution in [-0.4, -0.2) is 10.8 Å². The van der Waals surface area contributed by atoms with Crippen molar-refractivity contribution in [2.24, 2.45) is 5.10 Å². The molecule has 2 heterocycles. The summed E-state index contributed by atoms with van der Waals surface area (Å²) >= 11 is 5.11. The molecule has 0 radical (unpaired) electrons. The number of benzene rings is 1. The van der Waals surface area contributed by atoms with E-state index in [1.807, 2.05) is 23.6 Å². The zero-order valence-corrected chi connectivity index (χ0v) is 11.8. The molecule has 18 heavy (non-hydrogen) atoms. The van der Waals surface area contributed by atoms with Crippen LogP contribution in [0.25, 0.3) is 0 Å². The van der Waals surface area contributed by atoms with Gasteiger partial charge in [-0.25, -0.2) is 0 Å².